The Morgan fingerprint density at radius 2 is 2.10 bits per heavy atom. The van der Waals surface area contributed by atoms with Gasteiger partial charge in [-0.05, 0) is 24.2 Å². The fraction of sp³-hybridized carbons (Fsp3) is 0.800. The van der Waals surface area contributed by atoms with Crippen LogP contribution in [-0.4, -0.2) is 0 Å². The van der Waals surface area contributed by atoms with E-state index >= 15 is 0 Å². The van der Waals surface area contributed by atoms with Crippen LogP contribution in [-0.2, 0) is 0 Å². The molecule has 1 fully saturated rings. The summed E-state index contributed by atoms with van der Waals surface area (Å²) >= 11 is 0. The van der Waals surface area contributed by atoms with Crippen molar-refractivity contribution in [3.8, 4) is 0 Å². The van der Waals surface area contributed by atoms with E-state index in [-0.39, 0.29) is 0 Å². The molecular weight excluding hydrogens is 120 g/mol. The standard InChI is InChI=1S/C10H18/c1-5-6-10(3,4)9-7-8(9)2/h9H,2,5-7H2,1,3-4H3. The molecule has 0 spiro atoms. The SMILES string of the molecule is C=C1CC1C(C)(C)CCC. The van der Waals surface area contributed by atoms with Crippen LogP contribution >= 0.6 is 0 Å². The smallest absolute Gasteiger partial charge is 0.0117 e. The fourth-order valence-corrected chi connectivity index (χ4v) is 1.85. The van der Waals surface area contributed by atoms with Crippen LogP contribution in [0.1, 0.15) is 40.0 Å². The quantitative estimate of drug-likeness (QED) is 0.524. The van der Waals surface area contributed by atoms with Gasteiger partial charge in [0.15, 0.2) is 0 Å². The molecule has 1 aliphatic rings. The van der Waals surface area contributed by atoms with Crippen LogP contribution < -0.4 is 0 Å². The summed E-state index contributed by atoms with van der Waals surface area (Å²) in [6.45, 7) is 11.0. The zero-order valence-electron chi connectivity index (χ0n) is 7.41. The molecule has 0 radical (unpaired) electrons. The van der Waals surface area contributed by atoms with Crippen molar-refractivity contribution in [1.82, 2.24) is 0 Å². The van der Waals surface area contributed by atoms with Gasteiger partial charge in [0.1, 0.15) is 0 Å². The summed E-state index contributed by atoms with van der Waals surface area (Å²) in [7, 11) is 0. The molecular formula is C10H18. The summed E-state index contributed by atoms with van der Waals surface area (Å²) in [5, 5.41) is 0. The minimum Gasteiger partial charge on any atom is -0.0995 e. The maximum absolute atomic E-state index is 4.00. The molecule has 0 aromatic rings. The average Bonchev–Trinajstić information content (AvgIpc) is 2.46. The lowest BCUT2D eigenvalue weighted by molar-refractivity contribution is 0.290. The van der Waals surface area contributed by atoms with Gasteiger partial charge in [-0.25, -0.2) is 0 Å². The van der Waals surface area contributed by atoms with Gasteiger partial charge in [0.05, 0.1) is 0 Å². The Hall–Kier alpha value is -0.260. The molecule has 1 rings (SSSR count). The second-order valence-electron chi connectivity index (χ2n) is 4.15. The molecule has 0 heteroatoms. The van der Waals surface area contributed by atoms with Gasteiger partial charge < -0.3 is 0 Å². The Bertz CT molecular complexity index is 142. The zero-order chi connectivity index (χ0) is 7.78. The lowest BCUT2D eigenvalue weighted by atomic mass is 9.82. The van der Waals surface area contributed by atoms with Crippen molar-refractivity contribution in [2.75, 3.05) is 0 Å². The molecule has 0 amide bonds. The van der Waals surface area contributed by atoms with Gasteiger partial charge in [-0.2, -0.15) is 0 Å². The normalized spacial score (nSPS) is 25.1. The Morgan fingerprint density at radius 1 is 1.60 bits per heavy atom. The monoisotopic (exact) mass is 138 g/mol. The van der Waals surface area contributed by atoms with Crippen LogP contribution in [0.4, 0.5) is 0 Å². The molecule has 0 aliphatic heterocycles. The number of hydrogen-bond donors (Lipinski definition) is 0. The summed E-state index contributed by atoms with van der Waals surface area (Å²) in [4.78, 5) is 0. The van der Waals surface area contributed by atoms with Crippen molar-refractivity contribution in [3.63, 3.8) is 0 Å². The van der Waals surface area contributed by atoms with Gasteiger partial charge in [0.2, 0.25) is 0 Å². The zero-order valence-corrected chi connectivity index (χ0v) is 7.41. The van der Waals surface area contributed by atoms with E-state index in [1.807, 2.05) is 0 Å². The molecule has 1 unspecified atom stereocenters. The highest BCUT2D eigenvalue weighted by Gasteiger charge is 2.40. The predicted octanol–water partition coefficient (Wildman–Crippen LogP) is 3.39. The van der Waals surface area contributed by atoms with Crippen LogP contribution in [0.25, 0.3) is 0 Å². The van der Waals surface area contributed by atoms with Crippen LogP contribution in [0, 0.1) is 11.3 Å². The van der Waals surface area contributed by atoms with Gasteiger partial charge in [-0.15, -0.1) is 0 Å². The summed E-state index contributed by atoms with van der Waals surface area (Å²) in [5.74, 6) is 0.840. The Morgan fingerprint density at radius 3 is 2.40 bits per heavy atom. The second kappa shape index (κ2) is 2.41. The van der Waals surface area contributed by atoms with Crippen molar-refractivity contribution in [2.24, 2.45) is 11.3 Å². The maximum atomic E-state index is 4.00. The summed E-state index contributed by atoms with van der Waals surface area (Å²) < 4.78 is 0. The molecule has 0 heterocycles. The minimum absolute atomic E-state index is 0.534. The first-order chi connectivity index (χ1) is 4.58. The first kappa shape index (κ1) is 7.84. The van der Waals surface area contributed by atoms with Crippen molar-refractivity contribution in [3.05, 3.63) is 12.2 Å². The van der Waals surface area contributed by atoms with E-state index in [2.05, 4.69) is 27.4 Å². The summed E-state index contributed by atoms with van der Waals surface area (Å²) in [5.41, 5.74) is 2.00. The highest BCUT2D eigenvalue weighted by molar-refractivity contribution is 5.22. The Labute approximate surface area is 64.3 Å². The molecule has 0 saturated heterocycles. The van der Waals surface area contributed by atoms with Crippen molar-refractivity contribution >= 4 is 0 Å². The third-order valence-corrected chi connectivity index (χ3v) is 2.64. The van der Waals surface area contributed by atoms with Gasteiger partial charge in [-0.3, -0.25) is 0 Å². The first-order valence-electron chi connectivity index (χ1n) is 4.25. The van der Waals surface area contributed by atoms with Crippen LogP contribution in [0.5, 0.6) is 0 Å². The third kappa shape index (κ3) is 1.42. The van der Waals surface area contributed by atoms with E-state index in [1.54, 1.807) is 0 Å². The van der Waals surface area contributed by atoms with Crippen molar-refractivity contribution < 1.29 is 0 Å². The van der Waals surface area contributed by atoms with Gasteiger partial charge in [-0.1, -0.05) is 39.3 Å². The molecule has 0 bridgehead atoms. The van der Waals surface area contributed by atoms with Crippen LogP contribution in [0.3, 0.4) is 0 Å². The number of hydrogen-bond acceptors (Lipinski definition) is 0. The minimum atomic E-state index is 0.534. The summed E-state index contributed by atoms with van der Waals surface area (Å²) in [6, 6.07) is 0. The molecule has 58 valence electrons. The topological polar surface area (TPSA) is 0 Å². The first-order valence-corrected chi connectivity index (χ1v) is 4.25. The lowest BCUT2D eigenvalue weighted by Gasteiger charge is -2.22. The highest BCUT2D eigenvalue weighted by Crippen LogP contribution is 2.51. The molecule has 0 aromatic heterocycles. The molecule has 1 aliphatic carbocycles. The summed E-state index contributed by atoms with van der Waals surface area (Å²) in [6.07, 6.45) is 3.93. The Balaban J connectivity index is 2.43. The van der Waals surface area contributed by atoms with E-state index in [4.69, 9.17) is 0 Å². The van der Waals surface area contributed by atoms with E-state index in [9.17, 15) is 0 Å². The van der Waals surface area contributed by atoms with Gasteiger partial charge >= 0.3 is 0 Å². The van der Waals surface area contributed by atoms with E-state index < -0.39 is 0 Å². The predicted molar refractivity (Wildman–Crippen MR) is 45.9 cm³/mol. The largest absolute Gasteiger partial charge is 0.0995 e. The van der Waals surface area contributed by atoms with Crippen LogP contribution in [0.2, 0.25) is 0 Å². The second-order valence-corrected chi connectivity index (χ2v) is 4.15. The fourth-order valence-electron chi connectivity index (χ4n) is 1.85. The third-order valence-electron chi connectivity index (χ3n) is 2.64. The number of rotatable bonds is 3. The van der Waals surface area contributed by atoms with Crippen LogP contribution in [0.15, 0.2) is 12.2 Å². The molecule has 10 heavy (non-hydrogen) atoms. The molecule has 0 N–H and O–H groups in total. The Kier molecular flexibility index (Phi) is 1.89. The average molecular weight is 138 g/mol. The molecule has 1 saturated carbocycles. The molecule has 0 aromatic carbocycles. The maximum Gasteiger partial charge on any atom is -0.0117 e. The van der Waals surface area contributed by atoms with Gasteiger partial charge in [0.25, 0.3) is 0 Å². The number of allylic oxidation sites excluding steroid dienone is 1. The van der Waals surface area contributed by atoms with Crippen molar-refractivity contribution in [1.29, 1.82) is 0 Å². The lowest BCUT2D eigenvalue weighted by Crippen LogP contribution is -2.13. The van der Waals surface area contributed by atoms with Crippen molar-refractivity contribution in [2.45, 2.75) is 40.0 Å². The van der Waals surface area contributed by atoms with E-state index in [1.165, 1.54) is 24.8 Å². The van der Waals surface area contributed by atoms with Gasteiger partial charge in [0, 0.05) is 0 Å². The van der Waals surface area contributed by atoms with E-state index in [0.717, 1.165) is 5.92 Å². The molecule has 0 nitrogen and oxygen atoms in total. The van der Waals surface area contributed by atoms with E-state index in [0.29, 0.717) is 5.41 Å². The molecule has 1 atom stereocenters. The highest BCUT2D eigenvalue weighted by atomic mass is 14.4.